The molecule has 1 heterocycles. The monoisotopic (exact) mass is 289 g/mol. The zero-order valence-corrected chi connectivity index (χ0v) is 13.1. The average Bonchev–Trinajstić information content (AvgIpc) is 2.73. The third kappa shape index (κ3) is 3.08. The van der Waals surface area contributed by atoms with Crippen LogP contribution in [0.3, 0.4) is 0 Å². The lowest BCUT2D eigenvalue weighted by Gasteiger charge is -2.11. The van der Waals surface area contributed by atoms with E-state index in [1.54, 1.807) is 4.68 Å². The molecule has 1 aromatic carbocycles. The van der Waals surface area contributed by atoms with Gasteiger partial charge in [-0.15, -0.1) is 0 Å². The number of rotatable bonds is 3. The molecule has 0 aliphatic heterocycles. The Morgan fingerprint density at radius 3 is 2.35 bits per heavy atom. The normalized spacial score (nSPS) is 11.4. The zero-order chi connectivity index (χ0) is 14.9. The van der Waals surface area contributed by atoms with Crippen molar-refractivity contribution in [2.75, 3.05) is 5.32 Å². The molecule has 0 fully saturated rings. The van der Waals surface area contributed by atoms with Crippen LogP contribution in [0.4, 0.5) is 10.6 Å². The van der Waals surface area contributed by atoms with E-state index in [-0.39, 0.29) is 0 Å². The lowest BCUT2D eigenvalue weighted by atomic mass is 10.2. The first-order chi connectivity index (χ1) is 9.27. The van der Waals surface area contributed by atoms with Gasteiger partial charge in [0.15, 0.2) is 0 Å². The van der Waals surface area contributed by atoms with E-state index in [1.807, 2.05) is 37.3 Å². The van der Waals surface area contributed by atoms with Crippen LogP contribution >= 0.6 is 0 Å². The Hall–Kier alpha value is -2.08. The summed E-state index contributed by atoms with van der Waals surface area (Å²) in [6.07, 6.45) is -1.08. The second-order valence-electron chi connectivity index (χ2n) is 5.84. The summed E-state index contributed by atoms with van der Waals surface area (Å²) in [6, 6.07) is 9.67. The van der Waals surface area contributed by atoms with E-state index in [1.165, 1.54) is 0 Å². The van der Waals surface area contributed by atoms with Gasteiger partial charge in [0.05, 0.1) is 5.69 Å². The van der Waals surface area contributed by atoms with Crippen molar-refractivity contribution in [1.82, 2.24) is 9.78 Å². The van der Waals surface area contributed by atoms with E-state index in [9.17, 15) is 4.79 Å². The fraction of sp³-hybridized carbons (Fsp3) is 0.286. The Morgan fingerprint density at radius 2 is 1.85 bits per heavy atom. The number of hydrogen-bond donors (Lipinski definition) is 2. The minimum atomic E-state index is -1.60. The molecule has 106 valence electrons. The largest absolute Gasteiger partial charge is 0.465 e. The highest BCUT2D eigenvalue weighted by Gasteiger charge is 2.23. The first kappa shape index (κ1) is 14.3. The summed E-state index contributed by atoms with van der Waals surface area (Å²) >= 11 is 0. The number of carbonyl (C=O) groups is 1. The Bertz CT molecular complexity index is 627. The number of anilines is 1. The molecule has 1 amide bonds. The Labute approximate surface area is 119 Å². The van der Waals surface area contributed by atoms with E-state index < -0.39 is 14.2 Å². The van der Waals surface area contributed by atoms with Gasteiger partial charge in [0.25, 0.3) is 0 Å². The second kappa shape index (κ2) is 5.13. The van der Waals surface area contributed by atoms with Crippen LogP contribution in [0.2, 0.25) is 19.6 Å². The summed E-state index contributed by atoms with van der Waals surface area (Å²) in [5, 5.41) is 16.9. The van der Waals surface area contributed by atoms with Crippen molar-refractivity contribution in [3.63, 3.8) is 0 Å². The van der Waals surface area contributed by atoms with E-state index in [0.29, 0.717) is 5.82 Å². The molecule has 0 atom stereocenters. The van der Waals surface area contributed by atoms with Crippen LogP contribution in [0.15, 0.2) is 30.3 Å². The molecular weight excluding hydrogens is 270 g/mol. The molecule has 2 aromatic rings. The van der Waals surface area contributed by atoms with E-state index in [4.69, 9.17) is 5.11 Å². The van der Waals surface area contributed by atoms with Gasteiger partial charge < -0.3 is 5.11 Å². The number of aryl methyl sites for hydroxylation is 1. The molecule has 5 nitrogen and oxygen atoms in total. The fourth-order valence-electron chi connectivity index (χ4n) is 1.83. The van der Waals surface area contributed by atoms with Crippen molar-refractivity contribution in [2.45, 2.75) is 26.6 Å². The number of amides is 1. The summed E-state index contributed by atoms with van der Waals surface area (Å²) in [5.74, 6) is 0.485. The highest BCUT2D eigenvalue weighted by molar-refractivity contribution is 6.88. The molecule has 2 rings (SSSR count). The third-order valence-corrected chi connectivity index (χ3v) is 4.77. The van der Waals surface area contributed by atoms with Gasteiger partial charge in [-0.1, -0.05) is 37.3 Å². The number of nitrogens with zero attached hydrogens (tertiary/aromatic N) is 2. The average molecular weight is 289 g/mol. The number of hydrogen-bond acceptors (Lipinski definition) is 2. The van der Waals surface area contributed by atoms with Crippen molar-refractivity contribution in [3.8, 4) is 5.69 Å². The summed E-state index contributed by atoms with van der Waals surface area (Å²) in [4.78, 5) is 10.9. The number of benzene rings is 1. The summed E-state index contributed by atoms with van der Waals surface area (Å²) in [5.41, 5.74) is 2.00. The number of carboxylic acid groups (broad SMARTS) is 1. The van der Waals surface area contributed by atoms with Crippen molar-refractivity contribution >= 4 is 25.3 Å². The van der Waals surface area contributed by atoms with Gasteiger partial charge in [0.2, 0.25) is 0 Å². The number of aromatic nitrogens is 2. The maximum absolute atomic E-state index is 10.9. The molecule has 0 unspecified atom stereocenters. The van der Waals surface area contributed by atoms with Crippen molar-refractivity contribution in [3.05, 3.63) is 35.9 Å². The zero-order valence-electron chi connectivity index (χ0n) is 12.1. The first-order valence-electron chi connectivity index (χ1n) is 6.45. The highest BCUT2D eigenvalue weighted by atomic mass is 28.3. The maximum atomic E-state index is 10.9. The van der Waals surface area contributed by atoms with Gasteiger partial charge in [-0.25, -0.2) is 9.48 Å². The summed E-state index contributed by atoms with van der Waals surface area (Å²) < 4.78 is 1.65. The van der Waals surface area contributed by atoms with Gasteiger partial charge in [-0.2, -0.15) is 5.10 Å². The van der Waals surface area contributed by atoms with Crippen LogP contribution in [0, 0.1) is 6.92 Å². The first-order valence-corrected chi connectivity index (χ1v) is 9.95. The molecule has 0 saturated carbocycles. The molecule has 1 aromatic heterocycles. The Balaban J connectivity index is 2.52. The highest BCUT2D eigenvalue weighted by Crippen LogP contribution is 2.16. The minimum Gasteiger partial charge on any atom is -0.465 e. The van der Waals surface area contributed by atoms with E-state index in [0.717, 1.165) is 16.6 Å². The lowest BCUT2D eigenvalue weighted by Crippen LogP contribution is -2.39. The second-order valence-corrected chi connectivity index (χ2v) is 10.9. The van der Waals surface area contributed by atoms with Crippen LogP contribution in [0.1, 0.15) is 5.56 Å². The summed E-state index contributed by atoms with van der Waals surface area (Å²) in [7, 11) is -1.60. The van der Waals surface area contributed by atoms with E-state index >= 15 is 0 Å². The van der Waals surface area contributed by atoms with Crippen molar-refractivity contribution in [2.24, 2.45) is 0 Å². The Morgan fingerprint density at radius 1 is 1.25 bits per heavy atom. The van der Waals surface area contributed by atoms with Crippen molar-refractivity contribution in [1.29, 1.82) is 0 Å². The molecule has 0 spiro atoms. The maximum Gasteiger partial charge on any atom is 0.410 e. The Kier molecular flexibility index (Phi) is 3.67. The third-order valence-electron chi connectivity index (χ3n) is 2.99. The molecule has 6 heteroatoms. The molecular formula is C14H19N3O2Si. The molecule has 20 heavy (non-hydrogen) atoms. The standard InChI is InChI=1S/C14H19N3O2Si/c1-10-5-7-11(8-6-10)17-12(15-14(18)19)9-13(16-17)20(2,3)4/h5-9,15H,1-4H3,(H,18,19). The lowest BCUT2D eigenvalue weighted by molar-refractivity contribution is 0.209. The van der Waals surface area contributed by atoms with Crippen LogP contribution in [-0.4, -0.2) is 29.1 Å². The SMILES string of the molecule is Cc1ccc(-n2nc([Si](C)(C)C)cc2NC(=O)O)cc1. The van der Waals surface area contributed by atoms with Crippen molar-refractivity contribution < 1.29 is 9.90 Å². The molecule has 0 aliphatic carbocycles. The smallest absolute Gasteiger partial charge is 0.410 e. The topological polar surface area (TPSA) is 67.2 Å². The molecule has 0 aliphatic rings. The van der Waals surface area contributed by atoms with Crippen LogP contribution in [0.25, 0.3) is 5.69 Å². The fourth-order valence-corrected chi connectivity index (χ4v) is 2.80. The summed E-state index contributed by atoms with van der Waals surface area (Å²) in [6.45, 7) is 8.55. The minimum absolute atomic E-state index is 0.485. The van der Waals surface area contributed by atoms with Crippen LogP contribution < -0.4 is 10.6 Å². The predicted molar refractivity (Wildman–Crippen MR) is 82.9 cm³/mol. The number of nitrogens with one attached hydrogen (secondary N) is 1. The van der Waals surface area contributed by atoms with Gasteiger partial charge in [0.1, 0.15) is 13.9 Å². The quantitative estimate of drug-likeness (QED) is 0.854. The van der Waals surface area contributed by atoms with Crippen LogP contribution in [-0.2, 0) is 0 Å². The molecule has 2 N–H and O–H groups in total. The van der Waals surface area contributed by atoms with Crippen LogP contribution in [0.5, 0.6) is 0 Å². The van der Waals surface area contributed by atoms with Gasteiger partial charge in [-0.3, -0.25) is 5.32 Å². The molecule has 0 radical (unpaired) electrons. The predicted octanol–water partition coefficient (Wildman–Crippen LogP) is 2.82. The van der Waals surface area contributed by atoms with Gasteiger partial charge >= 0.3 is 6.09 Å². The van der Waals surface area contributed by atoms with Gasteiger partial charge in [-0.05, 0) is 25.1 Å². The molecule has 0 bridgehead atoms. The van der Waals surface area contributed by atoms with Gasteiger partial charge in [0, 0.05) is 5.32 Å². The van der Waals surface area contributed by atoms with E-state index in [2.05, 4.69) is 30.1 Å². The molecule has 0 saturated heterocycles.